The monoisotopic (exact) mass is 405 g/mol. The molecule has 2 heterocycles. The van der Waals surface area contributed by atoms with Gasteiger partial charge in [-0.15, -0.1) is 0 Å². The van der Waals surface area contributed by atoms with Gasteiger partial charge in [0.05, 0.1) is 16.5 Å². The van der Waals surface area contributed by atoms with E-state index in [9.17, 15) is 13.2 Å². The number of carbonyl (C=O) groups excluding carboxylic acids is 1. The third-order valence-corrected chi connectivity index (χ3v) is 7.45. The van der Waals surface area contributed by atoms with Crippen LogP contribution in [0.4, 0.5) is 0 Å². The highest BCUT2D eigenvalue weighted by molar-refractivity contribution is 7.89. The zero-order valence-electron chi connectivity index (χ0n) is 17.0. The first kappa shape index (κ1) is 20.5. The van der Waals surface area contributed by atoms with Crippen LogP contribution in [0.5, 0.6) is 0 Å². The second-order valence-electron chi connectivity index (χ2n) is 7.46. The SMILES string of the molecule is Cc1ccc(S(=O)(=O)N2CCN(C(=O)C(C)c3c(C)noc3C)CC2)c(C)c1. The number of piperazine rings is 1. The average Bonchev–Trinajstić information content (AvgIpc) is 2.98. The lowest BCUT2D eigenvalue weighted by Gasteiger charge is -2.35. The Morgan fingerprint density at radius 3 is 2.29 bits per heavy atom. The van der Waals surface area contributed by atoms with Gasteiger partial charge in [0.25, 0.3) is 0 Å². The molecule has 152 valence electrons. The fraction of sp³-hybridized carbons (Fsp3) is 0.500. The molecule has 1 fully saturated rings. The summed E-state index contributed by atoms with van der Waals surface area (Å²) in [6, 6.07) is 5.35. The Kier molecular flexibility index (Phi) is 5.63. The van der Waals surface area contributed by atoms with Gasteiger partial charge in [-0.2, -0.15) is 4.31 Å². The summed E-state index contributed by atoms with van der Waals surface area (Å²) < 4.78 is 32.7. The predicted octanol–water partition coefficient (Wildman–Crippen LogP) is 2.54. The van der Waals surface area contributed by atoms with Crippen LogP contribution in [0.2, 0.25) is 0 Å². The van der Waals surface area contributed by atoms with Crippen LogP contribution in [-0.2, 0) is 14.8 Å². The maximum atomic E-state index is 13.0. The van der Waals surface area contributed by atoms with Crippen LogP contribution in [0.1, 0.15) is 41.0 Å². The van der Waals surface area contributed by atoms with Crippen LogP contribution in [0.15, 0.2) is 27.6 Å². The summed E-state index contributed by atoms with van der Waals surface area (Å²) in [5, 5.41) is 3.92. The summed E-state index contributed by atoms with van der Waals surface area (Å²) in [5.41, 5.74) is 3.30. The first-order chi connectivity index (χ1) is 13.1. The number of hydrogen-bond donors (Lipinski definition) is 0. The number of benzene rings is 1. The molecule has 8 heteroatoms. The molecule has 7 nitrogen and oxygen atoms in total. The van der Waals surface area contributed by atoms with E-state index in [2.05, 4.69) is 5.16 Å². The largest absolute Gasteiger partial charge is 0.361 e. The molecule has 1 amide bonds. The van der Waals surface area contributed by atoms with Gasteiger partial charge in [0.1, 0.15) is 5.76 Å². The van der Waals surface area contributed by atoms with Crippen molar-refractivity contribution in [1.82, 2.24) is 14.4 Å². The summed E-state index contributed by atoms with van der Waals surface area (Å²) >= 11 is 0. The summed E-state index contributed by atoms with van der Waals surface area (Å²) in [6.07, 6.45) is 0. The molecule has 0 bridgehead atoms. The van der Waals surface area contributed by atoms with Crippen molar-refractivity contribution in [3.63, 3.8) is 0 Å². The summed E-state index contributed by atoms with van der Waals surface area (Å²) in [4.78, 5) is 15.0. The zero-order chi connectivity index (χ0) is 20.6. The first-order valence-electron chi connectivity index (χ1n) is 9.42. The number of rotatable bonds is 4. The van der Waals surface area contributed by atoms with Gasteiger partial charge in [0.2, 0.25) is 15.9 Å². The van der Waals surface area contributed by atoms with Gasteiger partial charge in [-0.05, 0) is 46.2 Å². The van der Waals surface area contributed by atoms with Gasteiger partial charge >= 0.3 is 0 Å². The highest BCUT2D eigenvalue weighted by atomic mass is 32.2. The molecule has 0 N–H and O–H groups in total. The van der Waals surface area contributed by atoms with Crippen LogP contribution < -0.4 is 0 Å². The number of sulfonamides is 1. The maximum Gasteiger partial charge on any atom is 0.243 e. The third kappa shape index (κ3) is 3.71. The maximum absolute atomic E-state index is 13.0. The van der Waals surface area contributed by atoms with Gasteiger partial charge in [-0.1, -0.05) is 22.9 Å². The molecule has 0 aliphatic carbocycles. The lowest BCUT2D eigenvalue weighted by atomic mass is 9.98. The van der Waals surface area contributed by atoms with Crippen molar-refractivity contribution in [2.75, 3.05) is 26.2 Å². The zero-order valence-corrected chi connectivity index (χ0v) is 17.8. The van der Waals surface area contributed by atoms with Crippen molar-refractivity contribution in [3.8, 4) is 0 Å². The van der Waals surface area contributed by atoms with E-state index in [0.29, 0.717) is 23.7 Å². The van der Waals surface area contributed by atoms with Crippen LogP contribution in [0.25, 0.3) is 0 Å². The van der Waals surface area contributed by atoms with Gasteiger partial charge in [-0.3, -0.25) is 4.79 Å². The van der Waals surface area contributed by atoms with Gasteiger partial charge < -0.3 is 9.42 Å². The van der Waals surface area contributed by atoms with E-state index in [1.807, 2.05) is 39.8 Å². The average molecular weight is 406 g/mol. The van der Waals surface area contributed by atoms with Crippen LogP contribution in [0, 0.1) is 27.7 Å². The number of nitrogens with zero attached hydrogens (tertiary/aromatic N) is 3. The van der Waals surface area contributed by atoms with E-state index >= 15 is 0 Å². The van der Waals surface area contributed by atoms with Gasteiger partial charge in [-0.25, -0.2) is 8.42 Å². The van der Waals surface area contributed by atoms with Crippen LogP contribution in [-0.4, -0.2) is 54.9 Å². The Bertz CT molecular complexity index is 969. The van der Waals surface area contributed by atoms with E-state index in [1.165, 1.54) is 4.31 Å². The molecule has 1 unspecified atom stereocenters. The molecule has 0 radical (unpaired) electrons. The Morgan fingerprint density at radius 1 is 1.11 bits per heavy atom. The van der Waals surface area contributed by atoms with E-state index in [4.69, 9.17) is 4.52 Å². The molecule has 1 aromatic carbocycles. The van der Waals surface area contributed by atoms with E-state index in [1.54, 1.807) is 17.9 Å². The smallest absolute Gasteiger partial charge is 0.243 e. The minimum atomic E-state index is -3.57. The Morgan fingerprint density at radius 2 is 1.75 bits per heavy atom. The van der Waals surface area contributed by atoms with Crippen molar-refractivity contribution in [2.45, 2.75) is 45.4 Å². The van der Waals surface area contributed by atoms with Crippen molar-refractivity contribution in [2.24, 2.45) is 0 Å². The highest BCUT2D eigenvalue weighted by Gasteiger charge is 2.33. The van der Waals surface area contributed by atoms with E-state index in [-0.39, 0.29) is 24.9 Å². The summed E-state index contributed by atoms with van der Waals surface area (Å²) in [6.45, 7) is 10.5. The number of amides is 1. The molecule has 2 aromatic rings. The minimum absolute atomic E-state index is 0.0297. The topological polar surface area (TPSA) is 83.7 Å². The molecule has 3 rings (SSSR count). The summed E-state index contributed by atoms with van der Waals surface area (Å²) in [5.74, 6) is 0.251. The Balaban J connectivity index is 1.71. The predicted molar refractivity (Wildman–Crippen MR) is 106 cm³/mol. The number of aromatic nitrogens is 1. The normalized spacial score (nSPS) is 17.0. The van der Waals surface area contributed by atoms with Crippen molar-refractivity contribution >= 4 is 15.9 Å². The lowest BCUT2D eigenvalue weighted by molar-refractivity contribution is -0.133. The van der Waals surface area contributed by atoms with Crippen molar-refractivity contribution in [1.29, 1.82) is 0 Å². The molecule has 1 atom stereocenters. The molecular formula is C20H27N3O4S. The molecule has 0 saturated carbocycles. The van der Waals surface area contributed by atoms with Crippen LogP contribution >= 0.6 is 0 Å². The molecular weight excluding hydrogens is 378 g/mol. The standard InChI is InChI=1S/C20H27N3O4S/c1-13-6-7-18(14(2)12-13)28(25,26)23-10-8-22(9-11-23)20(24)15(3)19-16(4)21-27-17(19)5/h6-7,12,15H,8-11H2,1-5H3. The molecule has 28 heavy (non-hydrogen) atoms. The number of aryl methyl sites for hydroxylation is 4. The van der Waals surface area contributed by atoms with Gasteiger partial charge in [0.15, 0.2) is 0 Å². The second kappa shape index (κ2) is 7.67. The third-order valence-electron chi connectivity index (χ3n) is 5.39. The fourth-order valence-electron chi connectivity index (χ4n) is 3.88. The van der Waals surface area contributed by atoms with Crippen molar-refractivity contribution < 1.29 is 17.7 Å². The quantitative estimate of drug-likeness (QED) is 0.781. The highest BCUT2D eigenvalue weighted by Crippen LogP contribution is 2.27. The molecule has 1 aliphatic rings. The molecule has 1 aromatic heterocycles. The van der Waals surface area contributed by atoms with Crippen molar-refractivity contribution in [3.05, 3.63) is 46.3 Å². The fourth-order valence-corrected chi connectivity index (χ4v) is 5.51. The minimum Gasteiger partial charge on any atom is -0.361 e. The first-order valence-corrected chi connectivity index (χ1v) is 10.9. The number of carbonyl (C=O) groups is 1. The number of hydrogen-bond acceptors (Lipinski definition) is 5. The Hall–Kier alpha value is -2.19. The molecule has 1 saturated heterocycles. The van der Waals surface area contributed by atoms with Crippen LogP contribution in [0.3, 0.4) is 0 Å². The van der Waals surface area contributed by atoms with E-state index in [0.717, 1.165) is 22.4 Å². The Labute approximate surface area is 166 Å². The molecule has 1 aliphatic heterocycles. The lowest BCUT2D eigenvalue weighted by Crippen LogP contribution is -2.51. The molecule has 0 spiro atoms. The van der Waals surface area contributed by atoms with Gasteiger partial charge in [0, 0.05) is 31.7 Å². The second-order valence-corrected chi connectivity index (χ2v) is 9.36. The summed E-state index contributed by atoms with van der Waals surface area (Å²) in [7, 11) is -3.57. The van der Waals surface area contributed by atoms with E-state index < -0.39 is 10.0 Å².